The molecule has 0 heterocycles. The quantitative estimate of drug-likeness (QED) is 0.613. The molecule has 0 spiro atoms. The predicted octanol–water partition coefficient (Wildman–Crippen LogP) is 0.727. The van der Waals surface area contributed by atoms with Gasteiger partial charge in [0.05, 0.1) is 17.2 Å². The molecule has 0 aliphatic rings. The molecule has 1 aromatic carbocycles. The molecule has 0 aliphatic heterocycles. The summed E-state index contributed by atoms with van der Waals surface area (Å²) in [6.45, 7) is 3.01. The summed E-state index contributed by atoms with van der Waals surface area (Å²) in [6, 6.07) is 7.04. The molecule has 1 aromatic rings. The maximum absolute atomic E-state index is 11.6. The fraction of sp³-hybridized carbons (Fsp3) is 0.143. The molecular weight excluding hydrogens is 274 g/mol. The van der Waals surface area contributed by atoms with E-state index in [1.165, 1.54) is 30.3 Å². The van der Waals surface area contributed by atoms with Crippen LogP contribution in [0.3, 0.4) is 0 Å². The number of nitrogens with one attached hydrogen (secondary N) is 2. The summed E-state index contributed by atoms with van der Waals surface area (Å²) < 4.78 is 4.73. The summed E-state index contributed by atoms with van der Waals surface area (Å²) >= 11 is 0. The number of ether oxygens (including phenoxy) is 1. The van der Waals surface area contributed by atoms with Crippen molar-refractivity contribution in [3.63, 3.8) is 0 Å². The number of amides is 3. The zero-order valence-corrected chi connectivity index (χ0v) is 11.1. The molecule has 2 N–H and O–H groups in total. The van der Waals surface area contributed by atoms with Crippen LogP contribution in [0.5, 0.6) is 0 Å². The molecule has 21 heavy (non-hydrogen) atoms. The van der Waals surface area contributed by atoms with Crippen molar-refractivity contribution < 1.29 is 19.1 Å². The molecular formula is C14H13N3O4. The second-order valence-corrected chi connectivity index (χ2v) is 3.82. The Balaban J connectivity index is 2.45. The largest absolute Gasteiger partial charge is 0.452 e. The number of nitrogens with zero attached hydrogens (tertiary/aromatic N) is 1. The van der Waals surface area contributed by atoms with Crippen LogP contribution in [0, 0.1) is 11.3 Å². The summed E-state index contributed by atoms with van der Waals surface area (Å²) in [4.78, 5) is 34.1. The van der Waals surface area contributed by atoms with Crippen molar-refractivity contribution in [3.05, 3.63) is 48.0 Å². The third kappa shape index (κ3) is 5.57. The maximum atomic E-state index is 11.6. The molecule has 0 radical (unpaired) electrons. The predicted molar refractivity (Wildman–Crippen MR) is 73.2 cm³/mol. The molecule has 0 saturated carbocycles. The molecule has 7 nitrogen and oxygen atoms in total. The van der Waals surface area contributed by atoms with Crippen LogP contribution in [0.2, 0.25) is 0 Å². The topological polar surface area (TPSA) is 108 Å². The molecule has 0 atom stereocenters. The van der Waals surface area contributed by atoms with Crippen LogP contribution < -0.4 is 10.6 Å². The van der Waals surface area contributed by atoms with E-state index in [1.54, 1.807) is 0 Å². The van der Waals surface area contributed by atoms with Gasteiger partial charge in [-0.05, 0) is 18.2 Å². The highest BCUT2D eigenvalue weighted by atomic mass is 16.5. The van der Waals surface area contributed by atoms with E-state index in [0.717, 1.165) is 0 Å². The first-order valence-corrected chi connectivity index (χ1v) is 5.92. The smallest absolute Gasteiger partial charge is 0.338 e. The van der Waals surface area contributed by atoms with Gasteiger partial charge in [-0.2, -0.15) is 5.26 Å². The zero-order valence-electron chi connectivity index (χ0n) is 11.1. The van der Waals surface area contributed by atoms with E-state index >= 15 is 0 Å². The first-order chi connectivity index (χ1) is 10.1. The van der Waals surface area contributed by atoms with Crippen molar-refractivity contribution in [1.82, 2.24) is 10.6 Å². The van der Waals surface area contributed by atoms with Crippen LogP contribution in [0.15, 0.2) is 36.9 Å². The van der Waals surface area contributed by atoms with Gasteiger partial charge in [0.1, 0.15) is 0 Å². The average Bonchev–Trinajstić information content (AvgIpc) is 2.50. The number of benzene rings is 1. The molecule has 0 aliphatic carbocycles. The summed E-state index contributed by atoms with van der Waals surface area (Å²) in [5, 5.41) is 13.0. The van der Waals surface area contributed by atoms with Crippen LogP contribution in [-0.2, 0) is 9.53 Å². The maximum Gasteiger partial charge on any atom is 0.338 e. The van der Waals surface area contributed by atoms with Gasteiger partial charge < -0.3 is 10.1 Å². The Bertz CT molecular complexity index is 604. The summed E-state index contributed by atoms with van der Waals surface area (Å²) in [7, 11) is 0. The molecule has 7 heteroatoms. The second kappa shape index (κ2) is 8.12. The normalized spacial score (nSPS) is 9.10. The van der Waals surface area contributed by atoms with Crippen molar-refractivity contribution in [2.45, 2.75) is 0 Å². The van der Waals surface area contributed by atoms with Crippen LogP contribution in [0.1, 0.15) is 15.9 Å². The summed E-state index contributed by atoms with van der Waals surface area (Å²) in [5.41, 5.74) is 0.454. The van der Waals surface area contributed by atoms with Gasteiger partial charge in [0.15, 0.2) is 6.61 Å². The fourth-order valence-electron chi connectivity index (χ4n) is 1.30. The minimum absolute atomic E-state index is 0.151. The lowest BCUT2D eigenvalue weighted by Gasteiger charge is -2.06. The number of hydrogen-bond donors (Lipinski definition) is 2. The summed E-state index contributed by atoms with van der Waals surface area (Å²) in [6.07, 6.45) is 1.45. The van der Waals surface area contributed by atoms with Gasteiger partial charge in [-0.25, -0.2) is 9.59 Å². The van der Waals surface area contributed by atoms with Gasteiger partial charge in [-0.3, -0.25) is 10.1 Å². The molecule has 1 rings (SSSR count). The Kier molecular flexibility index (Phi) is 6.15. The Morgan fingerprint density at radius 1 is 1.38 bits per heavy atom. The van der Waals surface area contributed by atoms with Crippen molar-refractivity contribution in [1.29, 1.82) is 5.26 Å². The Hall–Kier alpha value is -3.14. The minimum Gasteiger partial charge on any atom is -0.452 e. The lowest BCUT2D eigenvalue weighted by atomic mass is 10.1. The van der Waals surface area contributed by atoms with Gasteiger partial charge in [0.25, 0.3) is 5.91 Å². The Labute approximate surface area is 121 Å². The van der Waals surface area contributed by atoms with E-state index in [2.05, 4.69) is 11.9 Å². The highest BCUT2D eigenvalue weighted by Gasteiger charge is 2.12. The van der Waals surface area contributed by atoms with E-state index in [0.29, 0.717) is 5.56 Å². The molecule has 0 aromatic heterocycles. The highest BCUT2D eigenvalue weighted by molar-refractivity contribution is 5.97. The number of urea groups is 1. The number of hydrogen-bond acceptors (Lipinski definition) is 5. The van der Waals surface area contributed by atoms with Gasteiger partial charge in [0, 0.05) is 6.54 Å². The Morgan fingerprint density at radius 2 is 2.14 bits per heavy atom. The first kappa shape index (κ1) is 15.9. The first-order valence-electron chi connectivity index (χ1n) is 5.92. The standard InChI is InChI=1S/C14H13N3O4/c1-2-6-16-14(20)17-12(18)9-21-13(19)11-5-3-4-10(7-11)8-15/h2-5,7H,1,6,9H2,(H2,16,17,18,20). The van der Waals surface area contributed by atoms with E-state index in [4.69, 9.17) is 10.00 Å². The number of esters is 1. The van der Waals surface area contributed by atoms with E-state index in [1.807, 2.05) is 11.4 Å². The van der Waals surface area contributed by atoms with Crippen LogP contribution in [0.4, 0.5) is 4.79 Å². The van der Waals surface area contributed by atoms with Crippen molar-refractivity contribution in [2.75, 3.05) is 13.2 Å². The number of carbonyl (C=O) groups excluding carboxylic acids is 3. The highest BCUT2D eigenvalue weighted by Crippen LogP contribution is 2.05. The monoisotopic (exact) mass is 287 g/mol. The zero-order chi connectivity index (χ0) is 15.7. The summed E-state index contributed by atoms with van der Waals surface area (Å²) in [5.74, 6) is -1.52. The van der Waals surface area contributed by atoms with Crippen molar-refractivity contribution in [3.8, 4) is 6.07 Å². The third-order valence-corrected chi connectivity index (χ3v) is 2.22. The van der Waals surface area contributed by atoms with E-state index < -0.39 is 24.5 Å². The second-order valence-electron chi connectivity index (χ2n) is 3.82. The van der Waals surface area contributed by atoms with E-state index in [-0.39, 0.29) is 12.1 Å². The molecule has 0 fully saturated rings. The average molecular weight is 287 g/mol. The number of imide groups is 1. The van der Waals surface area contributed by atoms with E-state index in [9.17, 15) is 14.4 Å². The van der Waals surface area contributed by atoms with Crippen molar-refractivity contribution in [2.24, 2.45) is 0 Å². The molecule has 0 bridgehead atoms. The Morgan fingerprint density at radius 3 is 2.81 bits per heavy atom. The molecule has 0 unspecified atom stereocenters. The minimum atomic E-state index is -0.763. The van der Waals surface area contributed by atoms with Gasteiger partial charge >= 0.3 is 12.0 Å². The molecule has 0 saturated heterocycles. The SMILES string of the molecule is C=CCNC(=O)NC(=O)COC(=O)c1cccc(C#N)c1. The van der Waals surface area contributed by atoms with Crippen LogP contribution >= 0.6 is 0 Å². The fourth-order valence-corrected chi connectivity index (χ4v) is 1.30. The van der Waals surface area contributed by atoms with Gasteiger partial charge in [-0.1, -0.05) is 12.1 Å². The number of rotatable bonds is 5. The lowest BCUT2D eigenvalue weighted by molar-refractivity contribution is -0.123. The lowest BCUT2D eigenvalue weighted by Crippen LogP contribution is -2.41. The van der Waals surface area contributed by atoms with Gasteiger partial charge in [0.2, 0.25) is 0 Å². The molecule has 108 valence electrons. The van der Waals surface area contributed by atoms with Gasteiger partial charge in [-0.15, -0.1) is 6.58 Å². The molecule has 3 amide bonds. The number of nitriles is 1. The number of carbonyl (C=O) groups is 3. The van der Waals surface area contributed by atoms with Crippen LogP contribution in [-0.4, -0.2) is 31.1 Å². The third-order valence-electron chi connectivity index (χ3n) is 2.22. The van der Waals surface area contributed by atoms with Crippen molar-refractivity contribution >= 4 is 17.9 Å². The van der Waals surface area contributed by atoms with Crippen LogP contribution in [0.25, 0.3) is 0 Å².